The molecule has 0 aliphatic carbocycles. The first-order valence-electron chi connectivity index (χ1n) is 5.36. The van der Waals surface area contributed by atoms with Gasteiger partial charge in [-0.25, -0.2) is 0 Å². The molecule has 84 valence electrons. The van der Waals surface area contributed by atoms with Crippen LogP contribution in [-0.4, -0.2) is 25.7 Å². The molecule has 0 aliphatic heterocycles. The molecule has 1 heterocycles. The second-order valence-electron chi connectivity index (χ2n) is 3.71. The van der Waals surface area contributed by atoms with Crippen molar-refractivity contribution in [2.75, 3.05) is 20.8 Å². The lowest BCUT2D eigenvalue weighted by Gasteiger charge is -2.17. The third-order valence-corrected chi connectivity index (χ3v) is 2.74. The summed E-state index contributed by atoms with van der Waals surface area (Å²) in [4.78, 5) is 4.35. The van der Waals surface area contributed by atoms with Crippen molar-refractivity contribution >= 4 is 10.9 Å². The van der Waals surface area contributed by atoms with Crippen LogP contribution in [0, 0.1) is 0 Å². The number of para-hydroxylation sites is 1. The average molecular weight is 216 g/mol. The standard InChI is InChI=1S/C13H16N2O/c1-14-13(9-16-2)11-7-8-15-12-6-4-3-5-10(11)12/h3-8,13-14H,9H2,1-2H3. The van der Waals surface area contributed by atoms with E-state index in [9.17, 15) is 0 Å². The molecule has 0 fully saturated rings. The van der Waals surface area contributed by atoms with Crippen LogP contribution in [0.5, 0.6) is 0 Å². The zero-order chi connectivity index (χ0) is 11.4. The van der Waals surface area contributed by atoms with Gasteiger partial charge in [0.05, 0.1) is 18.2 Å². The third-order valence-electron chi connectivity index (χ3n) is 2.74. The first kappa shape index (κ1) is 11.0. The summed E-state index contributed by atoms with van der Waals surface area (Å²) in [7, 11) is 3.66. The number of methoxy groups -OCH3 is 1. The molecule has 1 N–H and O–H groups in total. The molecule has 1 atom stereocenters. The summed E-state index contributed by atoms with van der Waals surface area (Å²) in [6.07, 6.45) is 1.84. The second-order valence-corrected chi connectivity index (χ2v) is 3.71. The van der Waals surface area contributed by atoms with Gasteiger partial charge in [0.15, 0.2) is 0 Å². The summed E-state index contributed by atoms with van der Waals surface area (Å²) in [5, 5.41) is 4.44. The number of aromatic nitrogens is 1. The Kier molecular flexibility index (Phi) is 3.49. The topological polar surface area (TPSA) is 34.1 Å². The zero-order valence-corrected chi connectivity index (χ0v) is 9.60. The van der Waals surface area contributed by atoms with Gasteiger partial charge in [0.25, 0.3) is 0 Å². The van der Waals surface area contributed by atoms with Crippen molar-refractivity contribution in [1.29, 1.82) is 0 Å². The number of hydrogen-bond acceptors (Lipinski definition) is 3. The quantitative estimate of drug-likeness (QED) is 0.850. The largest absolute Gasteiger partial charge is 0.383 e. The Morgan fingerprint density at radius 2 is 2.12 bits per heavy atom. The Balaban J connectivity index is 2.50. The molecule has 0 amide bonds. The minimum absolute atomic E-state index is 0.206. The number of hydrogen-bond donors (Lipinski definition) is 1. The molecule has 0 aliphatic rings. The number of nitrogens with zero attached hydrogens (tertiary/aromatic N) is 1. The Bertz CT molecular complexity index is 465. The van der Waals surface area contributed by atoms with Gasteiger partial charge in [-0.2, -0.15) is 0 Å². The van der Waals surface area contributed by atoms with Crippen molar-refractivity contribution < 1.29 is 4.74 Å². The van der Waals surface area contributed by atoms with Gasteiger partial charge >= 0.3 is 0 Å². The lowest BCUT2D eigenvalue weighted by molar-refractivity contribution is 0.171. The molecule has 2 rings (SSSR count). The first-order chi connectivity index (χ1) is 7.86. The molecule has 3 heteroatoms. The van der Waals surface area contributed by atoms with E-state index in [1.807, 2.05) is 37.5 Å². The molecular weight excluding hydrogens is 200 g/mol. The molecule has 1 unspecified atom stereocenters. The molecule has 1 aromatic heterocycles. The van der Waals surface area contributed by atoms with Gasteiger partial charge in [0, 0.05) is 18.7 Å². The van der Waals surface area contributed by atoms with Crippen LogP contribution in [0.3, 0.4) is 0 Å². The molecule has 0 radical (unpaired) electrons. The van der Waals surface area contributed by atoms with E-state index in [0.717, 1.165) is 5.52 Å². The average Bonchev–Trinajstić information content (AvgIpc) is 2.35. The van der Waals surface area contributed by atoms with Crippen molar-refractivity contribution in [1.82, 2.24) is 10.3 Å². The molecule has 0 saturated heterocycles. The van der Waals surface area contributed by atoms with E-state index in [1.165, 1.54) is 10.9 Å². The van der Waals surface area contributed by atoms with Crippen molar-refractivity contribution in [3.8, 4) is 0 Å². The van der Waals surface area contributed by atoms with Crippen molar-refractivity contribution in [2.24, 2.45) is 0 Å². The fourth-order valence-corrected chi connectivity index (χ4v) is 1.92. The maximum atomic E-state index is 5.22. The third kappa shape index (κ3) is 2.05. The highest BCUT2D eigenvalue weighted by Crippen LogP contribution is 2.22. The number of fused-ring (bicyclic) bond motifs is 1. The van der Waals surface area contributed by atoms with E-state index in [1.54, 1.807) is 7.11 Å². The van der Waals surface area contributed by atoms with Gasteiger partial charge in [0.1, 0.15) is 0 Å². The van der Waals surface area contributed by atoms with E-state index < -0.39 is 0 Å². The van der Waals surface area contributed by atoms with Crippen LogP contribution in [0.4, 0.5) is 0 Å². The van der Waals surface area contributed by atoms with Gasteiger partial charge < -0.3 is 10.1 Å². The summed E-state index contributed by atoms with van der Waals surface area (Å²) in [6.45, 7) is 0.657. The lowest BCUT2D eigenvalue weighted by atomic mass is 10.0. The number of rotatable bonds is 4. The summed E-state index contributed by atoms with van der Waals surface area (Å²) in [6, 6.07) is 10.4. The van der Waals surface area contributed by atoms with Crippen molar-refractivity contribution in [3.05, 3.63) is 42.1 Å². The molecule has 1 aromatic carbocycles. The summed E-state index contributed by atoms with van der Waals surface area (Å²) in [5.74, 6) is 0. The van der Waals surface area contributed by atoms with Gasteiger partial charge in [-0.15, -0.1) is 0 Å². The number of ether oxygens (including phenoxy) is 1. The molecule has 0 saturated carbocycles. The Morgan fingerprint density at radius 1 is 1.31 bits per heavy atom. The van der Waals surface area contributed by atoms with Crippen LogP contribution in [0.2, 0.25) is 0 Å². The van der Waals surface area contributed by atoms with Gasteiger partial charge in [-0.3, -0.25) is 4.98 Å². The monoisotopic (exact) mass is 216 g/mol. The van der Waals surface area contributed by atoms with E-state index >= 15 is 0 Å². The summed E-state index contributed by atoms with van der Waals surface area (Å²) >= 11 is 0. The van der Waals surface area contributed by atoms with Crippen LogP contribution in [-0.2, 0) is 4.74 Å². The molecular formula is C13H16N2O. The van der Waals surface area contributed by atoms with Crippen LogP contribution in [0.15, 0.2) is 36.5 Å². The maximum Gasteiger partial charge on any atom is 0.0705 e. The minimum Gasteiger partial charge on any atom is -0.383 e. The Morgan fingerprint density at radius 3 is 2.88 bits per heavy atom. The predicted molar refractivity (Wildman–Crippen MR) is 65.4 cm³/mol. The van der Waals surface area contributed by atoms with E-state index in [-0.39, 0.29) is 6.04 Å². The number of pyridine rings is 1. The maximum absolute atomic E-state index is 5.22. The molecule has 0 bridgehead atoms. The smallest absolute Gasteiger partial charge is 0.0705 e. The van der Waals surface area contributed by atoms with E-state index in [2.05, 4.69) is 16.4 Å². The molecule has 0 spiro atoms. The highest BCUT2D eigenvalue weighted by Gasteiger charge is 2.11. The van der Waals surface area contributed by atoms with E-state index in [4.69, 9.17) is 4.74 Å². The second kappa shape index (κ2) is 5.05. The summed E-state index contributed by atoms with van der Waals surface area (Å²) < 4.78 is 5.22. The highest BCUT2D eigenvalue weighted by atomic mass is 16.5. The number of likely N-dealkylation sites (N-methyl/N-ethyl adjacent to an activating group) is 1. The summed E-state index contributed by atoms with van der Waals surface area (Å²) in [5.41, 5.74) is 2.26. The minimum atomic E-state index is 0.206. The molecule has 2 aromatic rings. The van der Waals surface area contributed by atoms with Crippen LogP contribution in [0.25, 0.3) is 10.9 Å². The number of benzene rings is 1. The first-order valence-corrected chi connectivity index (χ1v) is 5.36. The SMILES string of the molecule is CNC(COC)c1ccnc2ccccc12. The fraction of sp³-hybridized carbons (Fsp3) is 0.308. The van der Waals surface area contributed by atoms with Gasteiger partial charge in [-0.05, 0) is 24.7 Å². The van der Waals surface area contributed by atoms with Crippen molar-refractivity contribution in [2.45, 2.75) is 6.04 Å². The fourth-order valence-electron chi connectivity index (χ4n) is 1.92. The predicted octanol–water partition coefficient (Wildman–Crippen LogP) is 2.14. The van der Waals surface area contributed by atoms with Crippen LogP contribution in [0.1, 0.15) is 11.6 Å². The lowest BCUT2D eigenvalue weighted by Crippen LogP contribution is -2.21. The molecule has 3 nitrogen and oxygen atoms in total. The van der Waals surface area contributed by atoms with E-state index in [0.29, 0.717) is 6.61 Å². The number of nitrogens with one attached hydrogen (secondary N) is 1. The van der Waals surface area contributed by atoms with Gasteiger partial charge in [-0.1, -0.05) is 18.2 Å². The highest BCUT2D eigenvalue weighted by molar-refractivity contribution is 5.82. The van der Waals surface area contributed by atoms with Crippen LogP contribution >= 0.6 is 0 Å². The normalized spacial score (nSPS) is 12.9. The zero-order valence-electron chi connectivity index (χ0n) is 9.60. The van der Waals surface area contributed by atoms with Crippen molar-refractivity contribution in [3.63, 3.8) is 0 Å². The Hall–Kier alpha value is -1.45. The Labute approximate surface area is 95.5 Å². The van der Waals surface area contributed by atoms with Gasteiger partial charge in [0.2, 0.25) is 0 Å². The van der Waals surface area contributed by atoms with Crippen LogP contribution < -0.4 is 5.32 Å². The molecule has 16 heavy (non-hydrogen) atoms.